The predicted molar refractivity (Wildman–Crippen MR) is 163 cm³/mol. The molecule has 0 saturated carbocycles. The molecular weight excluding hydrogens is 527 g/mol. The zero-order valence-electron chi connectivity index (χ0n) is 22.9. The van der Waals surface area contributed by atoms with E-state index in [2.05, 4.69) is 54.3 Å². The van der Waals surface area contributed by atoms with E-state index in [4.69, 9.17) is 38.4 Å². The second-order valence-corrected chi connectivity index (χ2v) is 11.5. The van der Waals surface area contributed by atoms with E-state index in [1.54, 1.807) is 7.11 Å². The number of likely N-dealkylation sites (tertiary alicyclic amines) is 1. The van der Waals surface area contributed by atoms with Crippen molar-refractivity contribution in [3.63, 3.8) is 0 Å². The van der Waals surface area contributed by atoms with E-state index in [0.29, 0.717) is 10.0 Å². The molecule has 2 aliphatic rings. The number of benzene rings is 3. The van der Waals surface area contributed by atoms with Crippen molar-refractivity contribution in [2.24, 2.45) is 5.73 Å². The summed E-state index contributed by atoms with van der Waals surface area (Å²) in [5.41, 5.74) is 14.3. The molecule has 0 spiro atoms. The molecule has 1 aliphatic carbocycles. The van der Waals surface area contributed by atoms with E-state index in [1.165, 1.54) is 35.1 Å². The van der Waals surface area contributed by atoms with Gasteiger partial charge < -0.3 is 15.2 Å². The third kappa shape index (κ3) is 6.53. The summed E-state index contributed by atoms with van der Waals surface area (Å²) in [5, 5.41) is 1.31. The van der Waals surface area contributed by atoms with Crippen molar-refractivity contribution in [3.8, 4) is 5.75 Å². The molecule has 2 unspecified atom stereocenters. The molecule has 206 valence electrons. The number of aryl methyl sites for hydroxylation is 1. The fourth-order valence-corrected chi connectivity index (χ4v) is 6.35. The van der Waals surface area contributed by atoms with Gasteiger partial charge in [0.1, 0.15) is 18.1 Å². The molecule has 1 saturated heterocycles. The number of unbranched alkanes of at least 4 members (excludes halogenated alkanes) is 1. The van der Waals surface area contributed by atoms with Gasteiger partial charge in [0, 0.05) is 30.2 Å². The van der Waals surface area contributed by atoms with Crippen molar-refractivity contribution in [1.82, 2.24) is 4.90 Å². The smallest absolute Gasteiger partial charge is 0.131 e. The van der Waals surface area contributed by atoms with Crippen LogP contribution < -0.4 is 10.5 Å². The maximum atomic E-state index is 6.77. The minimum Gasteiger partial charge on any atom is -0.489 e. The second-order valence-electron chi connectivity index (χ2n) is 10.6. The van der Waals surface area contributed by atoms with Gasteiger partial charge in [0.25, 0.3) is 0 Å². The molecular formula is C33H38Cl2N2O2. The van der Waals surface area contributed by atoms with Gasteiger partial charge in [-0.15, -0.1) is 0 Å². The van der Waals surface area contributed by atoms with Crippen LogP contribution in [0.25, 0.3) is 11.1 Å². The Labute approximate surface area is 242 Å². The summed E-state index contributed by atoms with van der Waals surface area (Å²) >= 11 is 13.0. The molecule has 0 aromatic heterocycles. The van der Waals surface area contributed by atoms with E-state index < -0.39 is 6.23 Å². The average Bonchev–Trinajstić information content (AvgIpc) is 3.30. The van der Waals surface area contributed by atoms with Crippen molar-refractivity contribution in [2.75, 3.05) is 26.7 Å². The van der Waals surface area contributed by atoms with Gasteiger partial charge in [-0.05, 0) is 102 Å². The summed E-state index contributed by atoms with van der Waals surface area (Å²) in [4.78, 5) is 2.52. The molecule has 2 N–H and O–H groups in total. The number of hydrogen-bond donors (Lipinski definition) is 1. The van der Waals surface area contributed by atoms with Crippen LogP contribution in [-0.2, 0) is 11.2 Å². The molecule has 1 aliphatic heterocycles. The lowest BCUT2D eigenvalue weighted by atomic mass is 9.87. The quantitative estimate of drug-likeness (QED) is 0.266. The largest absolute Gasteiger partial charge is 0.489 e. The van der Waals surface area contributed by atoms with Crippen LogP contribution in [-0.4, -0.2) is 37.7 Å². The molecule has 0 bridgehead atoms. The zero-order valence-corrected chi connectivity index (χ0v) is 24.4. The van der Waals surface area contributed by atoms with E-state index in [0.717, 1.165) is 67.8 Å². The molecule has 2 atom stereocenters. The highest BCUT2D eigenvalue weighted by molar-refractivity contribution is 6.36. The molecule has 3 aromatic rings. The topological polar surface area (TPSA) is 47.7 Å². The standard InChI is InChI=1S/C33H38Cl2N2O2/c1-3-4-17-37-18-16-27(21-37)39-26-12-8-22(9-13-26)32-28-14-10-24(33(36)38-2)19-23(28)6-5-7-30(32)29-15-11-25(34)20-31(29)35/h8-15,19-20,27,33H,3-7,16-18,21,36H2,1-2H3. The van der Waals surface area contributed by atoms with Crippen molar-refractivity contribution in [1.29, 1.82) is 0 Å². The van der Waals surface area contributed by atoms with Crippen LogP contribution >= 0.6 is 23.2 Å². The zero-order chi connectivity index (χ0) is 27.4. The predicted octanol–water partition coefficient (Wildman–Crippen LogP) is 8.15. The van der Waals surface area contributed by atoms with Gasteiger partial charge in [-0.1, -0.05) is 72.9 Å². The highest BCUT2D eigenvalue weighted by atomic mass is 35.5. The van der Waals surface area contributed by atoms with Gasteiger partial charge in [-0.25, -0.2) is 0 Å². The van der Waals surface area contributed by atoms with E-state index in [9.17, 15) is 0 Å². The fraction of sp³-hybridized carbons (Fsp3) is 0.394. The fourth-order valence-electron chi connectivity index (χ4n) is 5.82. The Morgan fingerprint density at radius 3 is 2.54 bits per heavy atom. The average molecular weight is 566 g/mol. The highest BCUT2D eigenvalue weighted by Gasteiger charge is 2.25. The Morgan fingerprint density at radius 2 is 1.79 bits per heavy atom. The van der Waals surface area contributed by atoms with Gasteiger partial charge >= 0.3 is 0 Å². The summed E-state index contributed by atoms with van der Waals surface area (Å²) in [6, 6.07) is 20.8. The van der Waals surface area contributed by atoms with Crippen LogP contribution in [0.2, 0.25) is 10.0 Å². The minimum atomic E-state index is -0.443. The summed E-state index contributed by atoms with van der Waals surface area (Å²) in [7, 11) is 1.64. The number of nitrogens with two attached hydrogens (primary N) is 1. The van der Waals surface area contributed by atoms with E-state index >= 15 is 0 Å². The number of halogens is 2. The van der Waals surface area contributed by atoms with Gasteiger partial charge in [0.15, 0.2) is 0 Å². The van der Waals surface area contributed by atoms with Crippen molar-refractivity contribution < 1.29 is 9.47 Å². The van der Waals surface area contributed by atoms with E-state index in [1.807, 2.05) is 18.2 Å². The number of rotatable bonds is 9. The first kappa shape index (κ1) is 28.2. The second kappa shape index (κ2) is 12.9. The van der Waals surface area contributed by atoms with Crippen LogP contribution in [0.5, 0.6) is 5.75 Å². The first-order chi connectivity index (χ1) is 19.0. The molecule has 39 heavy (non-hydrogen) atoms. The molecule has 6 heteroatoms. The molecule has 4 nitrogen and oxygen atoms in total. The lowest BCUT2D eigenvalue weighted by Gasteiger charge is -2.20. The molecule has 0 amide bonds. The lowest BCUT2D eigenvalue weighted by molar-refractivity contribution is 0.109. The number of allylic oxidation sites excluding steroid dienone is 1. The number of fused-ring (bicyclic) bond motifs is 1. The summed E-state index contributed by atoms with van der Waals surface area (Å²) < 4.78 is 11.8. The van der Waals surface area contributed by atoms with Gasteiger partial charge in [-0.3, -0.25) is 4.90 Å². The summed E-state index contributed by atoms with van der Waals surface area (Å²) in [5.74, 6) is 0.919. The maximum absolute atomic E-state index is 6.77. The van der Waals surface area contributed by atoms with Gasteiger partial charge in [0.05, 0.1) is 0 Å². The number of methoxy groups -OCH3 is 1. The molecule has 3 aromatic carbocycles. The Morgan fingerprint density at radius 1 is 1.00 bits per heavy atom. The first-order valence-corrected chi connectivity index (χ1v) is 14.8. The number of ether oxygens (including phenoxy) is 2. The van der Waals surface area contributed by atoms with Crippen LogP contribution in [0.4, 0.5) is 0 Å². The molecule has 5 rings (SSSR count). The Bertz CT molecular complexity index is 1320. The minimum absolute atomic E-state index is 0.248. The highest BCUT2D eigenvalue weighted by Crippen LogP contribution is 2.43. The molecule has 1 fully saturated rings. The van der Waals surface area contributed by atoms with Crippen LogP contribution in [0.1, 0.15) is 73.1 Å². The van der Waals surface area contributed by atoms with Gasteiger partial charge in [0.2, 0.25) is 0 Å². The SMILES string of the molecule is CCCCN1CCC(Oc2ccc(C3=C(c4ccc(Cl)cc4Cl)CCCc4cc(C(N)OC)ccc43)cc2)C1. The summed E-state index contributed by atoms with van der Waals surface area (Å²) in [6.07, 6.45) is 6.23. The van der Waals surface area contributed by atoms with Crippen molar-refractivity contribution >= 4 is 34.3 Å². The Balaban J connectivity index is 1.51. The maximum Gasteiger partial charge on any atom is 0.131 e. The van der Waals surface area contributed by atoms with Crippen LogP contribution in [0, 0.1) is 0 Å². The number of hydrogen-bond acceptors (Lipinski definition) is 4. The monoisotopic (exact) mass is 564 g/mol. The van der Waals surface area contributed by atoms with Crippen molar-refractivity contribution in [2.45, 2.75) is 57.8 Å². The Kier molecular flexibility index (Phi) is 9.32. The first-order valence-electron chi connectivity index (χ1n) is 14.1. The van der Waals surface area contributed by atoms with Crippen molar-refractivity contribution in [3.05, 3.63) is 98.5 Å². The molecule has 0 radical (unpaired) electrons. The normalized spacial score (nSPS) is 18.6. The Hall–Kier alpha value is -2.34. The molecule has 1 heterocycles. The van der Waals surface area contributed by atoms with Crippen LogP contribution in [0.3, 0.4) is 0 Å². The van der Waals surface area contributed by atoms with Gasteiger partial charge in [-0.2, -0.15) is 0 Å². The van der Waals surface area contributed by atoms with E-state index in [-0.39, 0.29) is 6.10 Å². The number of nitrogens with zero attached hydrogens (tertiary/aromatic N) is 1. The summed E-state index contributed by atoms with van der Waals surface area (Å²) in [6.45, 7) is 5.53. The van der Waals surface area contributed by atoms with Crippen LogP contribution in [0.15, 0.2) is 60.7 Å². The lowest BCUT2D eigenvalue weighted by Crippen LogP contribution is -2.25. The third-order valence-electron chi connectivity index (χ3n) is 7.91. The third-order valence-corrected chi connectivity index (χ3v) is 8.46.